The van der Waals surface area contributed by atoms with E-state index in [1.165, 1.54) is 35.0 Å². The maximum absolute atomic E-state index is 13.6. The number of benzene rings is 2. The summed E-state index contributed by atoms with van der Waals surface area (Å²) in [5, 5.41) is 6.64. The first-order valence-electron chi connectivity index (χ1n) is 8.52. The van der Waals surface area contributed by atoms with Crippen LogP contribution in [-0.4, -0.2) is 22.2 Å². The molecule has 144 valence electrons. The second-order valence-corrected chi connectivity index (χ2v) is 5.99. The van der Waals surface area contributed by atoms with Crippen LogP contribution >= 0.6 is 0 Å². The molecule has 3 aromatic rings. The Morgan fingerprint density at radius 2 is 1.64 bits per heavy atom. The van der Waals surface area contributed by atoms with E-state index < -0.39 is 23.1 Å². The van der Waals surface area contributed by atoms with E-state index >= 15 is 0 Å². The lowest BCUT2D eigenvalue weighted by Crippen LogP contribution is -2.29. The number of amides is 1. The average Bonchev–Trinajstić information content (AvgIpc) is 2.67. The molecule has 0 fully saturated rings. The molecule has 28 heavy (non-hydrogen) atoms. The van der Waals surface area contributed by atoms with Crippen LogP contribution in [0, 0.1) is 17.5 Å². The summed E-state index contributed by atoms with van der Waals surface area (Å²) in [4.78, 5) is 23.9. The van der Waals surface area contributed by atoms with E-state index in [0.717, 1.165) is 12.1 Å². The van der Waals surface area contributed by atoms with Gasteiger partial charge in [-0.15, -0.1) is 0 Å². The van der Waals surface area contributed by atoms with Crippen LogP contribution in [0.25, 0.3) is 11.3 Å². The first-order valence-corrected chi connectivity index (χ1v) is 8.52. The lowest BCUT2D eigenvalue weighted by atomic mass is 10.1. The first kappa shape index (κ1) is 19.3. The van der Waals surface area contributed by atoms with Crippen molar-refractivity contribution in [1.82, 2.24) is 15.1 Å². The van der Waals surface area contributed by atoms with Gasteiger partial charge in [-0.1, -0.05) is 6.07 Å². The number of nitrogens with zero attached hydrogens (tertiary/aromatic N) is 2. The molecule has 0 atom stereocenters. The van der Waals surface area contributed by atoms with Gasteiger partial charge < -0.3 is 5.32 Å². The lowest BCUT2D eigenvalue weighted by molar-refractivity contribution is 0.0944. The lowest BCUT2D eigenvalue weighted by Gasteiger charge is -2.09. The van der Waals surface area contributed by atoms with Crippen molar-refractivity contribution in [2.45, 2.75) is 13.0 Å². The van der Waals surface area contributed by atoms with Gasteiger partial charge in [0.05, 0.1) is 5.69 Å². The van der Waals surface area contributed by atoms with Crippen LogP contribution in [0.15, 0.2) is 59.4 Å². The van der Waals surface area contributed by atoms with Gasteiger partial charge in [-0.25, -0.2) is 17.9 Å². The molecule has 1 N–H and O–H groups in total. The zero-order valence-corrected chi connectivity index (χ0v) is 14.7. The molecule has 3 rings (SSSR count). The average molecular weight is 387 g/mol. The topological polar surface area (TPSA) is 64.0 Å². The summed E-state index contributed by atoms with van der Waals surface area (Å²) < 4.78 is 41.4. The molecule has 1 amide bonds. The van der Waals surface area contributed by atoms with Gasteiger partial charge in [-0.05, 0) is 48.9 Å². The molecule has 0 aliphatic rings. The Balaban J connectivity index is 1.62. The highest BCUT2D eigenvalue weighted by molar-refractivity contribution is 5.94. The number of aromatic nitrogens is 2. The molecule has 1 heterocycles. The van der Waals surface area contributed by atoms with Crippen molar-refractivity contribution in [2.75, 3.05) is 6.54 Å². The summed E-state index contributed by atoms with van der Waals surface area (Å²) >= 11 is 0. The van der Waals surface area contributed by atoms with E-state index in [4.69, 9.17) is 0 Å². The summed E-state index contributed by atoms with van der Waals surface area (Å²) in [6.45, 7) is 0.287. The molecule has 0 saturated carbocycles. The van der Waals surface area contributed by atoms with Crippen molar-refractivity contribution in [3.05, 3.63) is 88.0 Å². The Labute approximate surface area is 158 Å². The van der Waals surface area contributed by atoms with E-state index in [0.29, 0.717) is 17.7 Å². The smallest absolute Gasteiger partial charge is 0.266 e. The fourth-order valence-corrected chi connectivity index (χ4v) is 2.62. The number of hydrogen-bond acceptors (Lipinski definition) is 3. The standard InChI is InChI=1S/C20H16F3N3O2/c21-14-7-5-13(6-8-14)17-9-10-18(27)26(25-17)12-2-11-24-20(28)19-15(22)3-1-4-16(19)23/h1,3-10H,2,11-12H2,(H,24,28). The highest BCUT2D eigenvalue weighted by Crippen LogP contribution is 2.15. The van der Waals surface area contributed by atoms with Crippen molar-refractivity contribution >= 4 is 5.91 Å². The van der Waals surface area contributed by atoms with E-state index in [9.17, 15) is 22.8 Å². The van der Waals surface area contributed by atoms with Crippen LogP contribution in [0.3, 0.4) is 0 Å². The van der Waals surface area contributed by atoms with Gasteiger partial charge in [0.25, 0.3) is 11.5 Å². The van der Waals surface area contributed by atoms with Crippen molar-refractivity contribution in [2.24, 2.45) is 0 Å². The molecular weight excluding hydrogens is 371 g/mol. The van der Waals surface area contributed by atoms with E-state index in [1.807, 2.05) is 0 Å². The summed E-state index contributed by atoms with van der Waals surface area (Å²) in [5.41, 5.74) is 0.170. The van der Waals surface area contributed by atoms with Crippen LogP contribution in [0.4, 0.5) is 13.2 Å². The molecule has 0 spiro atoms. The second kappa shape index (κ2) is 8.51. The largest absolute Gasteiger partial charge is 0.352 e. The summed E-state index contributed by atoms with van der Waals surface area (Å²) in [6.07, 6.45) is 0.321. The number of nitrogens with one attached hydrogen (secondary N) is 1. The molecule has 0 aliphatic carbocycles. The Hall–Kier alpha value is -3.42. The van der Waals surface area contributed by atoms with Crippen LogP contribution in [0.1, 0.15) is 16.8 Å². The number of carbonyl (C=O) groups is 1. The molecule has 0 saturated heterocycles. The van der Waals surface area contributed by atoms with E-state index in [2.05, 4.69) is 10.4 Å². The molecular formula is C20H16F3N3O2. The van der Waals surface area contributed by atoms with Gasteiger partial charge in [0, 0.05) is 24.7 Å². The molecule has 0 unspecified atom stereocenters. The molecule has 5 nitrogen and oxygen atoms in total. The number of aryl methyl sites for hydroxylation is 1. The minimum atomic E-state index is -0.942. The van der Waals surface area contributed by atoms with E-state index in [1.54, 1.807) is 12.1 Å². The van der Waals surface area contributed by atoms with Crippen molar-refractivity contribution in [3.63, 3.8) is 0 Å². The Kier molecular flexibility index (Phi) is 5.88. The molecule has 1 aromatic heterocycles. The van der Waals surface area contributed by atoms with Crippen LogP contribution < -0.4 is 10.9 Å². The molecule has 0 aliphatic heterocycles. The number of carbonyl (C=O) groups excluding carboxylic acids is 1. The van der Waals surface area contributed by atoms with Crippen molar-refractivity contribution in [3.8, 4) is 11.3 Å². The number of rotatable bonds is 6. The minimum Gasteiger partial charge on any atom is -0.352 e. The zero-order valence-electron chi connectivity index (χ0n) is 14.7. The van der Waals surface area contributed by atoms with Gasteiger partial charge in [-0.2, -0.15) is 5.10 Å². The Morgan fingerprint density at radius 1 is 0.964 bits per heavy atom. The normalized spacial score (nSPS) is 10.7. The molecule has 8 heteroatoms. The third-order valence-corrected chi connectivity index (χ3v) is 4.03. The van der Waals surface area contributed by atoms with Gasteiger partial charge in [0.2, 0.25) is 0 Å². The number of hydrogen-bond donors (Lipinski definition) is 1. The second-order valence-electron chi connectivity index (χ2n) is 5.99. The van der Waals surface area contributed by atoms with Crippen LogP contribution in [-0.2, 0) is 6.54 Å². The monoisotopic (exact) mass is 387 g/mol. The summed E-state index contributed by atoms with van der Waals surface area (Å²) in [5.74, 6) is -3.13. The maximum Gasteiger partial charge on any atom is 0.266 e. The first-order chi connectivity index (χ1) is 13.5. The van der Waals surface area contributed by atoms with Crippen LogP contribution in [0.2, 0.25) is 0 Å². The quantitative estimate of drug-likeness (QED) is 0.661. The molecule has 0 radical (unpaired) electrons. The predicted octanol–water partition coefficient (Wildman–Crippen LogP) is 3.15. The summed E-state index contributed by atoms with van der Waals surface area (Å²) in [6, 6.07) is 11.8. The molecule has 0 bridgehead atoms. The Bertz CT molecular complexity index is 1030. The van der Waals surface area contributed by atoms with E-state index in [-0.39, 0.29) is 24.5 Å². The fraction of sp³-hybridized carbons (Fsp3) is 0.150. The molecule has 2 aromatic carbocycles. The SMILES string of the molecule is O=C(NCCCn1nc(-c2ccc(F)cc2)ccc1=O)c1c(F)cccc1F. The third kappa shape index (κ3) is 4.46. The third-order valence-electron chi connectivity index (χ3n) is 4.03. The minimum absolute atomic E-state index is 0.0987. The number of halogens is 3. The van der Waals surface area contributed by atoms with Gasteiger partial charge >= 0.3 is 0 Å². The fourth-order valence-electron chi connectivity index (χ4n) is 2.62. The predicted molar refractivity (Wildman–Crippen MR) is 97.2 cm³/mol. The van der Waals surface area contributed by atoms with Crippen molar-refractivity contribution in [1.29, 1.82) is 0 Å². The van der Waals surface area contributed by atoms with Crippen molar-refractivity contribution < 1.29 is 18.0 Å². The maximum atomic E-state index is 13.6. The van der Waals surface area contributed by atoms with Gasteiger partial charge in [0.1, 0.15) is 23.0 Å². The Morgan fingerprint density at radius 3 is 2.32 bits per heavy atom. The van der Waals surface area contributed by atoms with Crippen LogP contribution in [0.5, 0.6) is 0 Å². The van der Waals surface area contributed by atoms with Gasteiger partial charge in [-0.3, -0.25) is 9.59 Å². The highest BCUT2D eigenvalue weighted by Gasteiger charge is 2.16. The highest BCUT2D eigenvalue weighted by atomic mass is 19.1. The zero-order chi connectivity index (χ0) is 20.1. The summed E-state index contributed by atoms with van der Waals surface area (Å²) in [7, 11) is 0. The van der Waals surface area contributed by atoms with Gasteiger partial charge in [0.15, 0.2) is 0 Å².